The van der Waals surface area contributed by atoms with Crippen LogP contribution in [0.25, 0.3) is 0 Å². The van der Waals surface area contributed by atoms with Crippen LogP contribution in [0.3, 0.4) is 0 Å². The van der Waals surface area contributed by atoms with E-state index in [2.05, 4.69) is 14.7 Å². The Morgan fingerprint density at radius 3 is 2.82 bits per heavy atom. The lowest BCUT2D eigenvalue weighted by Crippen LogP contribution is -2.12. The molecule has 0 aliphatic carbocycles. The molecule has 1 aromatic rings. The number of alkyl halides is 2. The van der Waals surface area contributed by atoms with Crippen LogP contribution >= 0.6 is 11.8 Å². The van der Waals surface area contributed by atoms with Gasteiger partial charge in [-0.25, -0.2) is 23.5 Å². The Balaban J connectivity index is 3.08. The lowest BCUT2D eigenvalue weighted by Gasteiger charge is -2.08. The Morgan fingerprint density at radius 2 is 2.29 bits per heavy atom. The van der Waals surface area contributed by atoms with E-state index in [9.17, 15) is 13.6 Å². The van der Waals surface area contributed by atoms with Gasteiger partial charge in [-0.15, -0.1) is 0 Å². The van der Waals surface area contributed by atoms with Crippen LogP contribution in [-0.2, 0) is 10.5 Å². The molecule has 0 unspecified atom stereocenters. The van der Waals surface area contributed by atoms with Crippen LogP contribution < -0.4 is 0 Å². The zero-order chi connectivity index (χ0) is 12.8. The molecule has 4 nitrogen and oxygen atoms in total. The lowest BCUT2D eigenvalue weighted by atomic mass is 10.2. The van der Waals surface area contributed by atoms with Gasteiger partial charge in [0.05, 0.1) is 12.4 Å². The Morgan fingerprint density at radius 1 is 1.59 bits per heavy atom. The van der Waals surface area contributed by atoms with E-state index in [1.54, 1.807) is 6.92 Å². The van der Waals surface area contributed by atoms with E-state index in [1.807, 2.05) is 6.26 Å². The minimum atomic E-state index is -2.82. The molecule has 0 saturated heterocycles. The molecule has 0 amide bonds. The number of nitrogens with zero attached hydrogens (tertiary/aromatic N) is 2. The maximum Gasteiger partial charge on any atom is 0.341 e. The van der Waals surface area contributed by atoms with Gasteiger partial charge in [-0.3, -0.25) is 0 Å². The van der Waals surface area contributed by atoms with E-state index in [0.29, 0.717) is 5.75 Å². The van der Waals surface area contributed by atoms with Gasteiger partial charge in [-0.1, -0.05) is 0 Å². The molecule has 0 atom stereocenters. The van der Waals surface area contributed by atoms with E-state index >= 15 is 0 Å². The predicted octanol–water partition coefficient (Wildman–Crippen LogP) is 2.45. The summed E-state index contributed by atoms with van der Waals surface area (Å²) in [5.74, 6) is -0.123. The number of carbonyl (C=O) groups excluding carboxylic acids is 1. The number of carbonyl (C=O) groups is 1. The second kappa shape index (κ2) is 6.48. The average Bonchev–Trinajstić information content (AvgIpc) is 2.29. The third-order valence-corrected chi connectivity index (χ3v) is 2.39. The molecule has 0 saturated carbocycles. The first-order valence-corrected chi connectivity index (χ1v) is 6.29. The molecule has 17 heavy (non-hydrogen) atoms. The fraction of sp³-hybridized carbons (Fsp3) is 0.500. The smallest absolute Gasteiger partial charge is 0.341 e. The standard InChI is InChI=1S/C10H12F2N2O2S/c1-3-16-10(15)6-4-13-7(5-17-2)14-8(6)9(11)12/h4,9H,3,5H2,1-2H3. The van der Waals surface area contributed by atoms with Gasteiger partial charge in [0.2, 0.25) is 0 Å². The van der Waals surface area contributed by atoms with Crippen LogP contribution in [0, 0.1) is 0 Å². The maximum atomic E-state index is 12.7. The van der Waals surface area contributed by atoms with Crippen LogP contribution in [0.4, 0.5) is 8.78 Å². The van der Waals surface area contributed by atoms with E-state index in [-0.39, 0.29) is 18.0 Å². The summed E-state index contributed by atoms with van der Waals surface area (Å²) in [5, 5.41) is 0. The highest BCUT2D eigenvalue weighted by Gasteiger charge is 2.22. The maximum absolute atomic E-state index is 12.7. The largest absolute Gasteiger partial charge is 0.462 e. The number of rotatable bonds is 5. The summed E-state index contributed by atoms with van der Waals surface area (Å²) in [6.45, 7) is 1.72. The van der Waals surface area contributed by atoms with Crippen LogP contribution in [0.5, 0.6) is 0 Å². The van der Waals surface area contributed by atoms with Crippen molar-refractivity contribution in [3.63, 3.8) is 0 Å². The number of halogens is 2. The van der Waals surface area contributed by atoms with Gasteiger partial charge in [0, 0.05) is 6.20 Å². The predicted molar refractivity (Wildman–Crippen MR) is 60.2 cm³/mol. The molecule has 0 aromatic carbocycles. The van der Waals surface area contributed by atoms with Gasteiger partial charge in [-0.05, 0) is 13.2 Å². The fourth-order valence-electron chi connectivity index (χ4n) is 1.16. The monoisotopic (exact) mass is 262 g/mol. The van der Waals surface area contributed by atoms with Crippen molar-refractivity contribution in [3.8, 4) is 0 Å². The van der Waals surface area contributed by atoms with E-state index in [1.165, 1.54) is 11.8 Å². The summed E-state index contributed by atoms with van der Waals surface area (Å²) >= 11 is 1.41. The summed E-state index contributed by atoms with van der Waals surface area (Å²) in [6.07, 6.45) is 0.0842. The molecule has 0 spiro atoms. The highest BCUT2D eigenvalue weighted by molar-refractivity contribution is 7.97. The molecule has 94 valence electrons. The molecule has 0 N–H and O–H groups in total. The lowest BCUT2D eigenvalue weighted by molar-refractivity contribution is 0.0512. The van der Waals surface area contributed by atoms with Crippen LogP contribution in [0.2, 0.25) is 0 Å². The molecule has 0 radical (unpaired) electrons. The summed E-state index contributed by atoms with van der Waals surface area (Å²) < 4.78 is 30.1. The second-order valence-electron chi connectivity index (χ2n) is 3.04. The van der Waals surface area contributed by atoms with Crippen molar-refractivity contribution in [2.24, 2.45) is 0 Å². The molecule has 0 bridgehead atoms. The van der Waals surface area contributed by atoms with Crippen molar-refractivity contribution in [1.29, 1.82) is 0 Å². The summed E-state index contributed by atoms with van der Waals surface area (Å²) in [7, 11) is 0. The van der Waals surface area contributed by atoms with Crippen molar-refractivity contribution in [1.82, 2.24) is 9.97 Å². The van der Waals surface area contributed by atoms with Gasteiger partial charge < -0.3 is 4.74 Å². The third-order valence-electron chi connectivity index (χ3n) is 1.84. The molecule has 0 fully saturated rings. The molecule has 7 heteroatoms. The van der Waals surface area contributed by atoms with E-state index in [4.69, 9.17) is 0 Å². The Kier molecular flexibility index (Phi) is 5.27. The quantitative estimate of drug-likeness (QED) is 0.763. The normalized spacial score (nSPS) is 10.6. The summed E-state index contributed by atoms with van der Waals surface area (Å²) in [6, 6.07) is 0. The third kappa shape index (κ3) is 3.62. The molecule has 1 heterocycles. The zero-order valence-electron chi connectivity index (χ0n) is 9.44. The van der Waals surface area contributed by atoms with Crippen LogP contribution in [-0.4, -0.2) is 28.8 Å². The van der Waals surface area contributed by atoms with Crippen molar-refractivity contribution in [2.75, 3.05) is 12.9 Å². The van der Waals surface area contributed by atoms with Gasteiger partial charge in [0.25, 0.3) is 6.43 Å². The molecule has 1 rings (SSSR count). The Hall–Kier alpha value is -1.24. The van der Waals surface area contributed by atoms with E-state index < -0.39 is 18.1 Å². The van der Waals surface area contributed by atoms with Gasteiger partial charge in [-0.2, -0.15) is 11.8 Å². The first kappa shape index (κ1) is 13.8. The number of hydrogen-bond donors (Lipinski definition) is 0. The summed E-state index contributed by atoms with van der Waals surface area (Å²) in [4.78, 5) is 18.9. The number of esters is 1. The van der Waals surface area contributed by atoms with Crippen molar-refractivity contribution >= 4 is 17.7 Å². The Bertz CT molecular complexity index is 402. The van der Waals surface area contributed by atoms with Gasteiger partial charge >= 0.3 is 5.97 Å². The Labute approximate surface area is 102 Å². The number of aromatic nitrogens is 2. The molecular formula is C10H12F2N2O2S. The van der Waals surface area contributed by atoms with Gasteiger partial charge in [0.15, 0.2) is 0 Å². The first-order valence-electron chi connectivity index (χ1n) is 4.90. The van der Waals surface area contributed by atoms with Crippen molar-refractivity contribution < 1.29 is 18.3 Å². The topological polar surface area (TPSA) is 52.1 Å². The molecule has 0 aliphatic heterocycles. The van der Waals surface area contributed by atoms with Crippen molar-refractivity contribution in [3.05, 3.63) is 23.3 Å². The average molecular weight is 262 g/mol. The minimum Gasteiger partial charge on any atom is -0.462 e. The minimum absolute atomic E-state index is 0.119. The number of ether oxygens (including phenoxy) is 1. The molecule has 1 aromatic heterocycles. The van der Waals surface area contributed by atoms with Crippen molar-refractivity contribution in [2.45, 2.75) is 19.1 Å². The van der Waals surface area contributed by atoms with Crippen LogP contribution in [0.1, 0.15) is 35.2 Å². The van der Waals surface area contributed by atoms with Gasteiger partial charge in [0.1, 0.15) is 17.1 Å². The second-order valence-corrected chi connectivity index (χ2v) is 3.91. The SMILES string of the molecule is CCOC(=O)c1cnc(CSC)nc1C(F)F. The first-order chi connectivity index (χ1) is 8.10. The fourth-order valence-corrected chi connectivity index (χ4v) is 1.56. The number of thioether (sulfide) groups is 1. The number of hydrogen-bond acceptors (Lipinski definition) is 5. The molecular weight excluding hydrogens is 250 g/mol. The molecule has 0 aliphatic rings. The summed E-state index contributed by atoms with van der Waals surface area (Å²) in [5.41, 5.74) is -0.839. The van der Waals surface area contributed by atoms with E-state index in [0.717, 1.165) is 6.20 Å². The highest BCUT2D eigenvalue weighted by Crippen LogP contribution is 2.21. The van der Waals surface area contributed by atoms with Crippen LogP contribution in [0.15, 0.2) is 6.20 Å². The zero-order valence-corrected chi connectivity index (χ0v) is 10.3. The highest BCUT2D eigenvalue weighted by atomic mass is 32.2.